The van der Waals surface area contributed by atoms with Crippen LogP contribution in [-0.4, -0.2) is 56.2 Å². The number of ether oxygens (including phenoxy) is 6. The minimum Gasteiger partial charge on any atom is -0.497 e. The van der Waals surface area contributed by atoms with E-state index < -0.39 is 42.0 Å². The smallest absolute Gasteiger partial charge is 0.340 e. The van der Waals surface area contributed by atoms with Gasteiger partial charge in [0, 0.05) is 43.8 Å². The molecule has 0 unspecified atom stereocenters. The molecule has 4 aromatic rings. The van der Waals surface area contributed by atoms with Crippen LogP contribution in [0.4, 0.5) is 0 Å². The minimum absolute atomic E-state index is 0.104. The van der Waals surface area contributed by atoms with Gasteiger partial charge in [-0.1, -0.05) is 49.5 Å². The minimum atomic E-state index is -1.05. The van der Waals surface area contributed by atoms with E-state index in [2.05, 4.69) is 6.92 Å². The van der Waals surface area contributed by atoms with Gasteiger partial charge in [-0.15, -0.1) is 0 Å². The molecule has 12 heteroatoms. The first-order valence-electron chi connectivity index (χ1n) is 18.5. The van der Waals surface area contributed by atoms with Gasteiger partial charge >= 0.3 is 11.9 Å². The Kier molecular flexibility index (Phi) is 10.7. The number of carbonyl (C=O) groups excluding carboxylic acids is 2. The first kappa shape index (κ1) is 37.9. The van der Waals surface area contributed by atoms with Crippen molar-refractivity contribution < 1.29 is 47.8 Å². The fourth-order valence-corrected chi connectivity index (χ4v) is 10.2. The third-order valence-electron chi connectivity index (χ3n) is 11.4. The number of hydrogen-bond acceptors (Lipinski definition) is 12. The summed E-state index contributed by atoms with van der Waals surface area (Å²) in [5.74, 6) is -1.27. The fourth-order valence-electron chi connectivity index (χ4n) is 8.41. The zero-order chi connectivity index (χ0) is 38.3. The Balaban J connectivity index is 1.00. The maximum absolute atomic E-state index is 13.8. The van der Waals surface area contributed by atoms with Crippen LogP contribution in [0.3, 0.4) is 0 Å². The molecule has 5 fully saturated rings. The number of carbonyl (C=O) groups is 2. The van der Waals surface area contributed by atoms with Crippen LogP contribution < -0.4 is 9.47 Å². The van der Waals surface area contributed by atoms with Crippen molar-refractivity contribution >= 4 is 35.5 Å². The molecule has 1 spiro atoms. The van der Waals surface area contributed by atoms with Crippen LogP contribution in [0.5, 0.6) is 11.5 Å². The summed E-state index contributed by atoms with van der Waals surface area (Å²) in [6.45, 7) is 5.91. The van der Waals surface area contributed by atoms with Crippen molar-refractivity contribution in [3.8, 4) is 11.5 Å². The maximum Gasteiger partial charge on any atom is 0.340 e. The Morgan fingerprint density at radius 2 is 1.25 bits per heavy atom. The lowest BCUT2D eigenvalue weighted by Crippen LogP contribution is -2.72. The van der Waals surface area contributed by atoms with Gasteiger partial charge < -0.3 is 28.4 Å². The third-order valence-corrected chi connectivity index (χ3v) is 13.4. The summed E-state index contributed by atoms with van der Waals surface area (Å²) in [6, 6.07) is 30.3. The van der Waals surface area contributed by atoms with Crippen molar-refractivity contribution in [2.75, 3.05) is 14.2 Å². The average molecular weight is 785 g/mol. The van der Waals surface area contributed by atoms with E-state index in [1.165, 1.54) is 11.8 Å². The van der Waals surface area contributed by atoms with Gasteiger partial charge in [-0.25, -0.2) is 19.4 Å². The van der Waals surface area contributed by atoms with Crippen molar-refractivity contribution in [1.82, 2.24) is 0 Å². The molecule has 0 radical (unpaired) electrons. The van der Waals surface area contributed by atoms with Crippen molar-refractivity contribution in [3.63, 3.8) is 0 Å². The highest BCUT2D eigenvalue weighted by atomic mass is 32.2. The Morgan fingerprint density at radius 3 is 1.82 bits per heavy atom. The molecule has 1 saturated carbocycles. The van der Waals surface area contributed by atoms with E-state index in [1.807, 2.05) is 98.8 Å². The molecule has 4 saturated heterocycles. The molecule has 9 rings (SSSR count). The summed E-state index contributed by atoms with van der Waals surface area (Å²) < 4.78 is 36.2. The standard InChI is InChI=1S/C43H44O10S2/c1-25-35-20-21-42(3)51-41-43(35,53-52-42)36(24-37(25)48-38(44)27-8-6-10-33(22-27)54-31-16-12-29(46-4)13-17-31)26(2)40(50-41)49-39(45)28-9-7-11-34(23-28)55-32-18-14-30(47-5)15-19-32/h6-19,22-23,25-26,35-37,40-41H,20-21,24H2,1-5H3/t25-,26+,35-,36-,37+,40+,41+,42+,43+/m0/s1. The number of benzene rings is 4. The Morgan fingerprint density at radius 1 is 0.691 bits per heavy atom. The summed E-state index contributed by atoms with van der Waals surface area (Å²) in [6.07, 6.45) is -0.541. The largest absolute Gasteiger partial charge is 0.497 e. The molecule has 55 heavy (non-hydrogen) atoms. The molecular weight excluding hydrogens is 741 g/mol. The maximum atomic E-state index is 13.8. The third kappa shape index (κ3) is 7.48. The zero-order valence-electron chi connectivity index (χ0n) is 31.3. The molecule has 9 atom stereocenters. The van der Waals surface area contributed by atoms with Crippen molar-refractivity contribution in [2.24, 2.45) is 23.7 Å². The molecule has 10 nitrogen and oxygen atoms in total. The lowest BCUT2D eigenvalue weighted by atomic mass is 9.57. The zero-order valence-corrected chi connectivity index (χ0v) is 32.9. The monoisotopic (exact) mass is 784 g/mol. The van der Waals surface area contributed by atoms with E-state index in [9.17, 15) is 9.59 Å². The Labute approximate surface area is 329 Å². The summed E-state index contributed by atoms with van der Waals surface area (Å²) in [5.41, 5.74) is -0.107. The van der Waals surface area contributed by atoms with Crippen LogP contribution in [0.1, 0.15) is 60.7 Å². The number of hydrogen-bond donors (Lipinski definition) is 0. The highest BCUT2D eigenvalue weighted by Gasteiger charge is 2.71. The van der Waals surface area contributed by atoms with Gasteiger partial charge in [-0.05, 0) is 111 Å². The van der Waals surface area contributed by atoms with E-state index >= 15 is 0 Å². The number of esters is 2. The predicted octanol–water partition coefficient (Wildman–Crippen LogP) is 9.21. The Hall–Kier alpha value is -4.04. The van der Waals surface area contributed by atoms with Crippen molar-refractivity contribution in [2.45, 2.75) is 89.7 Å². The van der Waals surface area contributed by atoms with Crippen LogP contribution in [-0.2, 0) is 28.7 Å². The predicted molar refractivity (Wildman–Crippen MR) is 204 cm³/mol. The van der Waals surface area contributed by atoms with E-state index in [1.54, 1.807) is 38.1 Å². The molecule has 288 valence electrons. The second-order valence-corrected chi connectivity index (χ2v) is 17.1. The van der Waals surface area contributed by atoms with E-state index in [-0.39, 0.29) is 23.7 Å². The van der Waals surface area contributed by atoms with Gasteiger partial charge in [-0.3, -0.25) is 0 Å². The van der Waals surface area contributed by atoms with Gasteiger partial charge in [0.25, 0.3) is 0 Å². The van der Waals surface area contributed by atoms with Crippen LogP contribution in [0.15, 0.2) is 117 Å². The van der Waals surface area contributed by atoms with Crippen LogP contribution in [0.2, 0.25) is 0 Å². The molecule has 4 heterocycles. The van der Waals surface area contributed by atoms with E-state index in [0.29, 0.717) is 30.4 Å². The molecular formula is C43H44O10S2. The quantitative estimate of drug-likeness (QED) is 0.113. The highest BCUT2D eigenvalue weighted by molar-refractivity contribution is 7.99. The van der Waals surface area contributed by atoms with Crippen molar-refractivity contribution in [3.05, 3.63) is 108 Å². The SMILES string of the molecule is COc1ccc(Sc2cccc(C(=O)O[C@@H]3O[C@@H]4O[C@@]5(C)CC[C@H]6[C@H](C)[C@H](OC(=O)c7cccc(Sc8ccc(OC)cc8)c7)C[C@@H]([C@H]3C)[C@@]46OO5)c2)cc1. The molecule has 1 aliphatic carbocycles. The number of rotatable bonds is 10. The van der Waals surface area contributed by atoms with Crippen LogP contribution in [0.25, 0.3) is 0 Å². The molecule has 0 aromatic heterocycles. The van der Waals surface area contributed by atoms with Crippen LogP contribution in [0, 0.1) is 23.7 Å². The second kappa shape index (κ2) is 15.5. The summed E-state index contributed by atoms with van der Waals surface area (Å²) in [4.78, 5) is 43.8. The van der Waals surface area contributed by atoms with Crippen molar-refractivity contribution in [1.29, 1.82) is 0 Å². The van der Waals surface area contributed by atoms with Gasteiger partial charge in [0.05, 0.1) is 25.3 Å². The summed E-state index contributed by atoms with van der Waals surface area (Å²) >= 11 is 3.09. The van der Waals surface area contributed by atoms with Gasteiger partial charge in [0.1, 0.15) is 17.6 Å². The van der Waals surface area contributed by atoms with E-state index in [0.717, 1.165) is 31.1 Å². The molecule has 5 aliphatic rings. The lowest BCUT2D eigenvalue weighted by Gasteiger charge is -2.60. The highest BCUT2D eigenvalue weighted by Crippen LogP contribution is 2.61. The summed E-state index contributed by atoms with van der Waals surface area (Å²) in [5, 5.41) is 0. The molecule has 4 aliphatic heterocycles. The topological polar surface area (TPSA) is 108 Å². The van der Waals surface area contributed by atoms with Gasteiger partial charge in [0.15, 0.2) is 11.9 Å². The molecule has 4 aromatic carbocycles. The second-order valence-electron chi connectivity index (χ2n) is 14.8. The summed E-state index contributed by atoms with van der Waals surface area (Å²) in [7, 11) is 3.27. The van der Waals surface area contributed by atoms with E-state index in [4.69, 9.17) is 38.2 Å². The first-order valence-corrected chi connectivity index (χ1v) is 20.2. The van der Waals surface area contributed by atoms with Crippen LogP contribution >= 0.6 is 23.5 Å². The average Bonchev–Trinajstić information content (AvgIpc) is 3.43. The number of fused-ring (bicyclic) bond motifs is 2. The first-order chi connectivity index (χ1) is 26.6. The fraction of sp³-hybridized carbons (Fsp3) is 0.395. The lowest BCUT2D eigenvalue weighted by molar-refractivity contribution is -0.577. The normalized spacial score (nSPS) is 30.7. The van der Waals surface area contributed by atoms with Gasteiger partial charge in [-0.2, -0.15) is 0 Å². The van der Waals surface area contributed by atoms with Gasteiger partial charge in [0.2, 0.25) is 12.1 Å². The molecule has 0 amide bonds. The number of methoxy groups -OCH3 is 2. The Bertz CT molecular complexity index is 2020. The molecule has 2 bridgehead atoms. The molecule has 0 N–H and O–H groups in total.